The maximum absolute atomic E-state index is 11.9. The first kappa shape index (κ1) is 14.7. The summed E-state index contributed by atoms with van der Waals surface area (Å²) in [7, 11) is -1.59. The number of rotatable bonds is 5. The Hall–Kier alpha value is -1.73. The molecule has 0 N–H and O–H groups in total. The monoisotopic (exact) mass is 294 g/mol. The third-order valence-corrected chi connectivity index (χ3v) is 5.33. The van der Waals surface area contributed by atoms with E-state index in [0.29, 0.717) is 0 Å². The average Bonchev–Trinajstić information content (AvgIpc) is 3.00. The zero-order chi connectivity index (χ0) is 14.8. The molecule has 2 aromatic rings. The Kier molecular flexibility index (Phi) is 4.20. The lowest BCUT2D eigenvalue weighted by Gasteiger charge is -2.24. The smallest absolute Gasteiger partial charge is 0.214 e. The zero-order valence-electron chi connectivity index (χ0n) is 11.8. The SMILES string of the molecule is CCS(=O)(=O)N(C)C(C)c1ccc(-n2cncn2)cc1. The van der Waals surface area contributed by atoms with E-state index in [-0.39, 0.29) is 11.8 Å². The van der Waals surface area contributed by atoms with Gasteiger partial charge in [-0.2, -0.15) is 9.40 Å². The van der Waals surface area contributed by atoms with Crippen molar-refractivity contribution in [3.63, 3.8) is 0 Å². The Labute approximate surface area is 119 Å². The van der Waals surface area contributed by atoms with E-state index in [1.54, 1.807) is 25.0 Å². The fourth-order valence-corrected chi connectivity index (χ4v) is 2.91. The Morgan fingerprint density at radius 3 is 2.45 bits per heavy atom. The summed E-state index contributed by atoms with van der Waals surface area (Å²) in [5.41, 5.74) is 1.83. The van der Waals surface area contributed by atoms with Crippen LogP contribution in [-0.2, 0) is 10.0 Å². The molecule has 1 heterocycles. The normalized spacial score (nSPS) is 13.6. The Morgan fingerprint density at radius 2 is 1.95 bits per heavy atom. The quantitative estimate of drug-likeness (QED) is 0.840. The second kappa shape index (κ2) is 5.72. The molecular formula is C13H18N4O2S. The largest absolute Gasteiger partial charge is 0.223 e. The van der Waals surface area contributed by atoms with E-state index in [0.717, 1.165) is 11.3 Å². The number of hydrogen-bond acceptors (Lipinski definition) is 4. The zero-order valence-corrected chi connectivity index (χ0v) is 12.6. The highest BCUT2D eigenvalue weighted by Gasteiger charge is 2.22. The second-order valence-electron chi connectivity index (χ2n) is 4.52. The molecule has 0 amide bonds. The third-order valence-electron chi connectivity index (χ3n) is 3.41. The van der Waals surface area contributed by atoms with Crippen LogP contribution in [0.4, 0.5) is 0 Å². The molecule has 1 atom stereocenters. The van der Waals surface area contributed by atoms with Gasteiger partial charge in [0.1, 0.15) is 12.7 Å². The standard InChI is InChI=1S/C13H18N4O2S/c1-4-20(18,19)16(3)11(2)12-5-7-13(8-6-12)17-10-14-9-15-17/h5-11H,4H2,1-3H3. The van der Waals surface area contributed by atoms with Gasteiger partial charge in [-0.05, 0) is 31.5 Å². The lowest BCUT2D eigenvalue weighted by molar-refractivity contribution is 0.399. The van der Waals surface area contributed by atoms with Gasteiger partial charge in [0.15, 0.2) is 0 Å². The molecule has 0 aliphatic heterocycles. The highest BCUT2D eigenvalue weighted by molar-refractivity contribution is 7.89. The summed E-state index contributed by atoms with van der Waals surface area (Å²) < 4.78 is 26.8. The molecule has 1 aromatic heterocycles. The summed E-state index contributed by atoms with van der Waals surface area (Å²) in [6.45, 7) is 3.52. The van der Waals surface area contributed by atoms with Crippen LogP contribution in [0.15, 0.2) is 36.9 Å². The number of aromatic nitrogens is 3. The lowest BCUT2D eigenvalue weighted by atomic mass is 10.1. The molecule has 2 rings (SSSR count). The number of sulfonamides is 1. The van der Waals surface area contributed by atoms with Crippen molar-refractivity contribution in [2.45, 2.75) is 19.9 Å². The van der Waals surface area contributed by atoms with Crippen LogP contribution in [0.2, 0.25) is 0 Å². The second-order valence-corrected chi connectivity index (χ2v) is 6.84. The van der Waals surface area contributed by atoms with Gasteiger partial charge < -0.3 is 0 Å². The minimum Gasteiger partial charge on any atom is -0.223 e. The van der Waals surface area contributed by atoms with Crippen molar-refractivity contribution in [1.29, 1.82) is 0 Å². The van der Waals surface area contributed by atoms with E-state index in [1.165, 1.54) is 10.6 Å². The number of benzene rings is 1. The fourth-order valence-electron chi connectivity index (χ4n) is 1.90. The van der Waals surface area contributed by atoms with Gasteiger partial charge in [-0.15, -0.1) is 0 Å². The molecule has 0 radical (unpaired) electrons. The van der Waals surface area contributed by atoms with Crippen molar-refractivity contribution in [2.24, 2.45) is 0 Å². The molecule has 0 aliphatic rings. The molecule has 20 heavy (non-hydrogen) atoms. The maximum Gasteiger partial charge on any atom is 0.214 e. The van der Waals surface area contributed by atoms with Crippen molar-refractivity contribution in [3.8, 4) is 5.69 Å². The summed E-state index contributed by atoms with van der Waals surface area (Å²) in [5.74, 6) is 0.102. The number of hydrogen-bond donors (Lipinski definition) is 0. The molecule has 7 heteroatoms. The van der Waals surface area contributed by atoms with Crippen LogP contribution in [0.25, 0.3) is 5.69 Å². The fraction of sp³-hybridized carbons (Fsp3) is 0.385. The number of nitrogens with zero attached hydrogens (tertiary/aromatic N) is 4. The summed E-state index contributed by atoms with van der Waals surface area (Å²) in [6, 6.07) is 7.40. The molecule has 0 saturated carbocycles. The van der Waals surface area contributed by atoms with Gasteiger partial charge in [0, 0.05) is 13.1 Å². The first-order chi connectivity index (χ1) is 9.45. The molecule has 0 fully saturated rings. The van der Waals surface area contributed by atoms with Crippen LogP contribution in [0.5, 0.6) is 0 Å². The molecule has 0 spiro atoms. The van der Waals surface area contributed by atoms with E-state index in [2.05, 4.69) is 10.1 Å². The molecule has 1 aromatic carbocycles. The topological polar surface area (TPSA) is 68.1 Å². The molecular weight excluding hydrogens is 276 g/mol. The van der Waals surface area contributed by atoms with E-state index >= 15 is 0 Å². The molecule has 0 saturated heterocycles. The summed E-state index contributed by atoms with van der Waals surface area (Å²) in [4.78, 5) is 3.89. The molecule has 0 bridgehead atoms. The van der Waals surface area contributed by atoms with Gasteiger partial charge in [0.25, 0.3) is 0 Å². The summed E-state index contributed by atoms with van der Waals surface area (Å²) in [5, 5.41) is 4.05. The lowest BCUT2D eigenvalue weighted by Crippen LogP contribution is -2.31. The van der Waals surface area contributed by atoms with E-state index < -0.39 is 10.0 Å². The highest BCUT2D eigenvalue weighted by Crippen LogP contribution is 2.22. The van der Waals surface area contributed by atoms with Gasteiger partial charge in [-0.25, -0.2) is 18.1 Å². The van der Waals surface area contributed by atoms with Crippen molar-refractivity contribution >= 4 is 10.0 Å². The van der Waals surface area contributed by atoms with E-state index in [4.69, 9.17) is 0 Å². The highest BCUT2D eigenvalue weighted by atomic mass is 32.2. The van der Waals surface area contributed by atoms with Crippen molar-refractivity contribution in [1.82, 2.24) is 19.1 Å². The Morgan fingerprint density at radius 1 is 1.30 bits per heavy atom. The van der Waals surface area contributed by atoms with Gasteiger partial charge in [-0.3, -0.25) is 0 Å². The van der Waals surface area contributed by atoms with E-state index in [1.807, 2.05) is 31.2 Å². The first-order valence-electron chi connectivity index (χ1n) is 6.36. The average molecular weight is 294 g/mol. The molecule has 1 unspecified atom stereocenters. The van der Waals surface area contributed by atoms with Crippen LogP contribution in [0.1, 0.15) is 25.5 Å². The van der Waals surface area contributed by atoms with Crippen LogP contribution < -0.4 is 0 Å². The van der Waals surface area contributed by atoms with Crippen LogP contribution in [0, 0.1) is 0 Å². The molecule has 108 valence electrons. The van der Waals surface area contributed by atoms with Crippen LogP contribution >= 0.6 is 0 Å². The Bertz CT molecular complexity index is 650. The van der Waals surface area contributed by atoms with Crippen molar-refractivity contribution < 1.29 is 8.42 Å². The van der Waals surface area contributed by atoms with Crippen molar-refractivity contribution in [2.75, 3.05) is 12.8 Å². The van der Waals surface area contributed by atoms with E-state index in [9.17, 15) is 8.42 Å². The van der Waals surface area contributed by atoms with Gasteiger partial charge in [-0.1, -0.05) is 12.1 Å². The predicted molar refractivity (Wildman–Crippen MR) is 77.0 cm³/mol. The van der Waals surface area contributed by atoms with Crippen molar-refractivity contribution in [3.05, 3.63) is 42.5 Å². The van der Waals surface area contributed by atoms with Crippen LogP contribution in [0.3, 0.4) is 0 Å². The summed E-state index contributed by atoms with van der Waals surface area (Å²) in [6.07, 6.45) is 3.09. The minimum atomic E-state index is -3.19. The maximum atomic E-state index is 11.9. The predicted octanol–water partition coefficient (Wildman–Crippen LogP) is 1.61. The third kappa shape index (κ3) is 2.88. The van der Waals surface area contributed by atoms with Gasteiger partial charge in [0.05, 0.1) is 11.4 Å². The minimum absolute atomic E-state index is 0.102. The van der Waals surface area contributed by atoms with Gasteiger partial charge >= 0.3 is 0 Å². The van der Waals surface area contributed by atoms with Crippen LogP contribution in [-0.4, -0.2) is 40.3 Å². The van der Waals surface area contributed by atoms with Gasteiger partial charge in [0.2, 0.25) is 10.0 Å². The molecule has 0 aliphatic carbocycles. The summed E-state index contributed by atoms with van der Waals surface area (Å²) >= 11 is 0. The molecule has 6 nitrogen and oxygen atoms in total. The Balaban J connectivity index is 2.22. The first-order valence-corrected chi connectivity index (χ1v) is 7.97.